The van der Waals surface area contributed by atoms with Crippen LogP contribution in [0.2, 0.25) is 0 Å². The summed E-state index contributed by atoms with van der Waals surface area (Å²) in [5, 5.41) is 18.1. The van der Waals surface area contributed by atoms with Crippen molar-refractivity contribution < 1.29 is 28.9 Å². The van der Waals surface area contributed by atoms with Crippen molar-refractivity contribution in [2.24, 2.45) is 12.2 Å². The first-order valence-corrected chi connectivity index (χ1v) is 13.1. The van der Waals surface area contributed by atoms with Crippen LogP contribution in [0.3, 0.4) is 0 Å². The number of nitrogens with one attached hydrogen (secondary N) is 1. The lowest BCUT2D eigenvalue weighted by Gasteiger charge is -2.49. The van der Waals surface area contributed by atoms with Crippen LogP contribution in [0.5, 0.6) is 0 Å². The van der Waals surface area contributed by atoms with Gasteiger partial charge in [-0.2, -0.15) is 0 Å². The summed E-state index contributed by atoms with van der Waals surface area (Å²) in [4.78, 5) is 51.9. The highest BCUT2D eigenvalue weighted by Crippen LogP contribution is 2.41. The van der Waals surface area contributed by atoms with Gasteiger partial charge in [-0.1, -0.05) is 21.9 Å². The number of oxime groups is 1. The summed E-state index contributed by atoms with van der Waals surface area (Å²) >= 11 is 3.80. The molecule has 0 aromatic carbocycles. The molecule has 2 aliphatic heterocycles. The highest BCUT2D eigenvalue weighted by molar-refractivity contribution is 8.01. The van der Waals surface area contributed by atoms with Gasteiger partial charge < -0.3 is 26.7 Å². The van der Waals surface area contributed by atoms with Crippen molar-refractivity contribution in [3.63, 3.8) is 0 Å². The number of aliphatic carboxylic acids is 1. The number of amides is 2. The van der Waals surface area contributed by atoms with Crippen molar-refractivity contribution in [1.29, 1.82) is 0 Å². The fourth-order valence-electron chi connectivity index (χ4n) is 3.57. The van der Waals surface area contributed by atoms with Crippen molar-refractivity contribution in [3.05, 3.63) is 28.4 Å². The van der Waals surface area contributed by atoms with E-state index in [-0.39, 0.29) is 39.8 Å². The summed E-state index contributed by atoms with van der Waals surface area (Å²) in [7, 11) is 2.99. The Balaban J connectivity index is 1.51. The molecule has 0 spiro atoms. The molecule has 1 saturated heterocycles. The van der Waals surface area contributed by atoms with E-state index in [1.165, 1.54) is 40.9 Å². The number of nitrogen functional groups attached to an aromatic ring is 3. The maximum Gasteiger partial charge on any atom is 0.392 e. The molecule has 2 aromatic heterocycles. The Morgan fingerprint density at radius 2 is 2.14 bits per heavy atom. The average Bonchev–Trinajstić information content (AvgIpc) is 3.26. The number of β-lactam (4-membered cyclic amide) rings is 1. The number of rotatable bonds is 8. The fraction of sp³-hybridized carbons (Fsp3) is 0.316. The molecule has 4 rings (SSSR count). The number of nitrogens with zero attached hydrogens (tertiary/aromatic N) is 5. The van der Waals surface area contributed by atoms with Crippen LogP contribution in [0, 0.1) is 0 Å². The van der Waals surface area contributed by atoms with E-state index < -0.39 is 29.2 Å². The molecule has 1 fully saturated rings. The lowest BCUT2D eigenvalue weighted by molar-refractivity contribution is -0.696. The minimum Gasteiger partial charge on any atom is -0.477 e. The minimum absolute atomic E-state index is 0.0996. The second kappa shape index (κ2) is 10.2. The van der Waals surface area contributed by atoms with Crippen molar-refractivity contribution in [2.45, 2.75) is 16.4 Å². The van der Waals surface area contributed by atoms with Gasteiger partial charge in [-0.3, -0.25) is 20.2 Å². The Bertz CT molecular complexity index is 1310. The summed E-state index contributed by atoms with van der Waals surface area (Å²) in [5.41, 5.74) is 17.8. The van der Waals surface area contributed by atoms with E-state index in [1.807, 2.05) is 0 Å². The van der Waals surface area contributed by atoms with Gasteiger partial charge in [0, 0.05) is 23.0 Å². The minimum atomic E-state index is -1.23. The van der Waals surface area contributed by atoms with E-state index in [1.54, 1.807) is 17.7 Å². The molecular formula is C19H22N9O5S3+. The van der Waals surface area contributed by atoms with Gasteiger partial charge in [0.15, 0.2) is 10.8 Å². The third-order valence-corrected chi connectivity index (χ3v) is 8.48. The van der Waals surface area contributed by atoms with Crippen LogP contribution in [0.1, 0.15) is 5.69 Å². The lowest BCUT2D eigenvalue weighted by Crippen LogP contribution is -2.71. The van der Waals surface area contributed by atoms with E-state index in [2.05, 4.69) is 20.4 Å². The molecular weight excluding hydrogens is 530 g/mol. The van der Waals surface area contributed by atoms with Gasteiger partial charge in [-0.05, 0) is 5.57 Å². The Morgan fingerprint density at radius 1 is 1.39 bits per heavy atom. The van der Waals surface area contributed by atoms with Crippen molar-refractivity contribution in [1.82, 2.24) is 20.2 Å². The van der Waals surface area contributed by atoms with Crippen molar-refractivity contribution >= 4 is 75.3 Å². The number of carbonyl (C=O) groups excluding carboxylic acids is 2. The maximum absolute atomic E-state index is 13.0. The molecule has 2 aliphatic rings. The summed E-state index contributed by atoms with van der Waals surface area (Å²) in [5.74, 6) is -1.37. The second-order valence-electron chi connectivity index (χ2n) is 7.54. The number of fused-ring (bicyclic) bond motifs is 1. The topological polar surface area (TPSA) is 216 Å². The first-order chi connectivity index (χ1) is 17.1. The zero-order valence-corrected chi connectivity index (χ0v) is 21.4. The molecule has 4 heterocycles. The van der Waals surface area contributed by atoms with Crippen LogP contribution in [0.4, 0.5) is 16.9 Å². The third kappa shape index (κ3) is 4.76. The molecule has 0 radical (unpaired) electrons. The summed E-state index contributed by atoms with van der Waals surface area (Å²) in [6.07, 6.45) is 0. The van der Waals surface area contributed by atoms with E-state index >= 15 is 0 Å². The number of thioether (sulfide) groups is 2. The number of thiazole rings is 1. The van der Waals surface area contributed by atoms with E-state index in [0.29, 0.717) is 16.4 Å². The number of hydrogen-bond donors (Lipinski definition) is 5. The number of carboxylic acids is 1. The predicted octanol–water partition coefficient (Wildman–Crippen LogP) is -1.01. The average molecular weight is 553 g/mol. The molecule has 190 valence electrons. The smallest absolute Gasteiger partial charge is 0.392 e. The Morgan fingerprint density at radius 3 is 2.78 bits per heavy atom. The maximum atomic E-state index is 13.0. The van der Waals surface area contributed by atoms with Gasteiger partial charge in [0.1, 0.15) is 34.9 Å². The molecule has 2 aromatic rings. The van der Waals surface area contributed by atoms with Gasteiger partial charge in [-0.15, -0.1) is 23.1 Å². The SMILES string of the molecule is CO/N=C(\C(=O)NC1C(=O)N2C(C(=O)O)=C(CSc3cc(N)nc(N)[n+]3C)CS[C@@H]12)c1csc(N)n1. The normalized spacial score (nSPS) is 19.6. The van der Waals surface area contributed by atoms with Gasteiger partial charge in [-0.25, -0.2) is 14.3 Å². The standard InChI is InChI=1S/C19H21N9O5S3/c1-27-10(3-9(20)24-18(27)21)34-4-7-5-35-16-12(15(30)28(16)13(7)17(31)32)25-14(29)11(26-33-2)8-6-36-19(22)23-8/h3,6,12,16H,4-5H2,1-2H3,(H7,20,21,22,23,24,25,29,31,32)/p+1/b26-11-/t12?,16-/m0/s1. The van der Waals surface area contributed by atoms with Crippen LogP contribution in [-0.2, 0) is 26.3 Å². The summed E-state index contributed by atoms with van der Waals surface area (Å²) in [6.45, 7) is 0. The zero-order chi connectivity index (χ0) is 26.1. The number of aromatic nitrogens is 3. The number of nitrogens with two attached hydrogens (primary N) is 3. The molecule has 14 nitrogen and oxygen atoms in total. The lowest BCUT2D eigenvalue weighted by atomic mass is 10.0. The molecule has 2 atom stereocenters. The Hall–Kier alpha value is -3.57. The van der Waals surface area contributed by atoms with Gasteiger partial charge in [0.25, 0.3) is 11.8 Å². The van der Waals surface area contributed by atoms with Crippen molar-refractivity contribution in [2.75, 3.05) is 35.8 Å². The highest BCUT2D eigenvalue weighted by Gasteiger charge is 2.54. The number of hydrogen-bond acceptors (Lipinski definition) is 13. The first-order valence-electron chi connectivity index (χ1n) is 10.2. The predicted molar refractivity (Wildman–Crippen MR) is 135 cm³/mol. The summed E-state index contributed by atoms with van der Waals surface area (Å²) < 4.78 is 1.64. The number of carbonyl (C=O) groups is 3. The largest absolute Gasteiger partial charge is 0.477 e. The Labute approximate surface area is 216 Å². The van der Waals surface area contributed by atoms with E-state index in [9.17, 15) is 19.5 Å². The van der Waals surface area contributed by atoms with Crippen LogP contribution in [0.25, 0.3) is 0 Å². The monoisotopic (exact) mass is 552 g/mol. The molecule has 17 heteroatoms. The number of carboxylic acid groups (broad SMARTS) is 1. The van der Waals surface area contributed by atoms with E-state index in [0.717, 1.165) is 11.3 Å². The number of anilines is 3. The molecule has 0 saturated carbocycles. The van der Waals surface area contributed by atoms with Crippen LogP contribution in [0.15, 0.2) is 32.9 Å². The fourth-order valence-corrected chi connectivity index (χ4v) is 6.65. The molecule has 8 N–H and O–H groups in total. The third-order valence-electron chi connectivity index (χ3n) is 5.28. The molecule has 1 unspecified atom stereocenters. The molecule has 0 bridgehead atoms. The van der Waals surface area contributed by atoms with Crippen LogP contribution >= 0.6 is 34.9 Å². The van der Waals surface area contributed by atoms with Gasteiger partial charge in [0.05, 0.1) is 7.05 Å². The van der Waals surface area contributed by atoms with Crippen LogP contribution in [-0.4, -0.2) is 73.5 Å². The molecule has 36 heavy (non-hydrogen) atoms. The Kier molecular flexibility index (Phi) is 7.23. The van der Waals surface area contributed by atoms with Gasteiger partial charge >= 0.3 is 11.9 Å². The van der Waals surface area contributed by atoms with E-state index in [4.69, 9.17) is 22.0 Å². The first kappa shape index (κ1) is 25.5. The molecule has 0 aliphatic carbocycles. The van der Waals surface area contributed by atoms with Crippen molar-refractivity contribution in [3.8, 4) is 0 Å². The summed E-state index contributed by atoms with van der Waals surface area (Å²) in [6, 6.07) is 0.692. The van der Waals surface area contributed by atoms with Gasteiger partial charge in [0.2, 0.25) is 5.82 Å². The quantitative estimate of drug-likeness (QED) is 0.0665. The highest BCUT2D eigenvalue weighted by atomic mass is 32.2. The molecule has 2 amide bonds. The zero-order valence-electron chi connectivity index (χ0n) is 19.0. The second-order valence-corrected chi connectivity index (χ2v) is 10.5. The van der Waals surface area contributed by atoms with Crippen LogP contribution < -0.4 is 27.1 Å².